The highest BCUT2D eigenvalue weighted by atomic mass is 32.2. The van der Waals surface area contributed by atoms with Gasteiger partial charge in [0.1, 0.15) is 0 Å². The number of carbonyl (C=O) groups excluding carboxylic acids is 1. The van der Waals surface area contributed by atoms with Crippen LogP contribution in [-0.4, -0.2) is 71.7 Å². The van der Waals surface area contributed by atoms with E-state index < -0.39 is 0 Å². The van der Waals surface area contributed by atoms with Gasteiger partial charge < -0.3 is 14.5 Å². The minimum absolute atomic E-state index is 0.204. The molecule has 0 spiro atoms. The predicted octanol–water partition coefficient (Wildman–Crippen LogP) is 1.80. The molecule has 2 aliphatic rings. The first-order chi connectivity index (χ1) is 11.7. The molecule has 1 aliphatic heterocycles. The number of carbonyl (C=O) groups is 1. The van der Waals surface area contributed by atoms with Crippen LogP contribution in [0, 0.1) is 0 Å². The summed E-state index contributed by atoms with van der Waals surface area (Å²) < 4.78 is 7.76. The molecule has 0 aromatic carbocycles. The second-order valence-corrected chi connectivity index (χ2v) is 7.64. The first-order valence-electron chi connectivity index (χ1n) is 8.77. The van der Waals surface area contributed by atoms with Crippen LogP contribution >= 0.6 is 11.8 Å². The summed E-state index contributed by atoms with van der Waals surface area (Å²) in [7, 11) is 3.62. The number of aromatic nitrogens is 3. The van der Waals surface area contributed by atoms with E-state index in [1.165, 1.54) is 12.8 Å². The maximum atomic E-state index is 11.6. The largest absolute Gasteiger partial charge is 0.378 e. The predicted molar refractivity (Wildman–Crippen MR) is 94.6 cm³/mol. The van der Waals surface area contributed by atoms with Crippen LogP contribution in [0.4, 0.5) is 5.95 Å². The zero-order chi connectivity index (χ0) is 16.9. The van der Waals surface area contributed by atoms with E-state index in [1.807, 2.05) is 14.1 Å². The Bertz CT molecular complexity index is 553. The lowest BCUT2D eigenvalue weighted by Gasteiger charge is -2.27. The van der Waals surface area contributed by atoms with Gasteiger partial charge in [-0.25, -0.2) is 0 Å². The van der Waals surface area contributed by atoms with Crippen molar-refractivity contribution in [1.29, 1.82) is 0 Å². The molecule has 8 heteroatoms. The van der Waals surface area contributed by atoms with Gasteiger partial charge in [-0.1, -0.05) is 11.8 Å². The second kappa shape index (κ2) is 8.20. The Morgan fingerprint density at radius 3 is 2.67 bits per heavy atom. The molecule has 1 aromatic rings. The lowest BCUT2D eigenvalue weighted by atomic mass is 10.2. The molecule has 0 radical (unpaired) electrons. The Morgan fingerprint density at radius 1 is 1.25 bits per heavy atom. The molecule has 3 rings (SSSR count). The van der Waals surface area contributed by atoms with E-state index in [0.717, 1.165) is 56.0 Å². The van der Waals surface area contributed by atoms with Crippen molar-refractivity contribution in [1.82, 2.24) is 19.7 Å². The second-order valence-electron chi connectivity index (χ2n) is 6.58. The summed E-state index contributed by atoms with van der Waals surface area (Å²) in [6.45, 7) is 3.31. The van der Waals surface area contributed by atoms with Gasteiger partial charge in [0, 0.05) is 45.4 Å². The minimum atomic E-state index is 0.204. The van der Waals surface area contributed by atoms with Gasteiger partial charge in [0.05, 0.1) is 13.2 Å². The molecule has 1 aliphatic carbocycles. The Balaban J connectivity index is 1.52. The van der Waals surface area contributed by atoms with E-state index in [1.54, 1.807) is 16.7 Å². The molecule has 0 unspecified atom stereocenters. The zero-order valence-electron chi connectivity index (χ0n) is 14.6. The van der Waals surface area contributed by atoms with E-state index in [4.69, 9.17) is 4.74 Å². The SMILES string of the molecule is CN(C)C(=O)CCCCSc1nnc(N2CCOCC2)n1C1CC1. The number of ether oxygens (including phenoxy) is 1. The smallest absolute Gasteiger partial charge is 0.228 e. The van der Waals surface area contributed by atoms with Crippen LogP contribution in [0.1, 0.15) is 38.1 Å². The Labute approximate surface area is 147 Å². The van der Waals surface area contributed by atoms with Crippen molar-refractivity contribution >= 4 is 23.6 Å². The fraction of sp³-hybridized carbons (Fsp3) is 0.812. The summed E-state index contributed by atoms with van der Waals surface area (Å²) in [5.41, 5.74) is 0. The topological polar surface area (TPSA) is 63.5 Å². The van der Waals surface area contributed by atoms with E-state index in [0.29, 0.717) is 12.5 Å². The molecular formula is C16H27N5O2S. The van der Waals surface area contributed by atoms with E-state index in [-0.39, 0.29) is 5.91 Å². The van der Waals surface area contributed by atoms with Crippen LogP contribution in [0.25, 0.3) is 0 Å². The molecular weight excluding hydrogens is 326 g/mol. The first-order valence-corrected chi connectivity index (χ1v) is 9.76. The first kappa shape index (κ1) is 17.5. The fourth-order valence-electron chi connectivity index (χ4n) is 2.76. The standard InChI is InChI=1S/C16H27N5O2S/c1-19(2)14(22)5-3-4-12-24-16-18-17-15(21(16)13-6-7-13)20-8-10-23-11-9-20/h13H,3-12H2,1-2H3. The van der Waals surface area contributed by atoms with Gasteiger partial charge in [0.2, 0.25) is 11.9 Å². The summed E-state index contributed by atoms with van der Waals surface area (Å²) in [5.74, 6) is 2.19. The minimum Gasteiger partial charge on any atom is -0.378 e. The number of hydrogen-bond acceptors (Lipinski definition) is 6. The number of hydrogen-bond donors (Lipinski definition) is 0. The van der Waals surface area contributed by atoms with Crippen molar-refractivity contribution in [3.8, 4) is 0 Å². The molecule has 1 amide bonds. The molecule has 2 fully saturated rings. The number of rotatable bonds is 8. The third-order valence-electron chi connectivity index (χ3n) is 4.37. The molecule has 24 heavy (non-hydrogen) atoms. The van der Waals surface area contributed by atoms with E-state index >= 15 is 0 Å². The van der Waals surface area contributed by atoms with E-state index in [9.17, 15) is 4.79 Å². The highest BCUT2D eigenvalue weighted by Crippen LogP contribution is 2.41. The van der Waals surface area contributed by atoms with Crippen molar-refractivity contribution in [2.75, 3.05) is 51.1 Å². The lowest BCUT2D eigenvalue weighted by Crippen LogP contribution is -2.38. The van der Waals surface area contributed by atoms with Crippen molar-refractivity contribution in [2.24, 2.45) is 0 Å². The van der Waals surface area contributed by atoms with Gasteiger partial charge in [0.25, 0.3) is 0 Å². The summed E-state index contributed by atoms with van der Waals surface area (Å²) in [6.07, 6.45) is 5.02. The molecule has 1 saturated heterocycles. The molecule has 0 N–H and O–H groups in total. The summed E-state index contributed by atoms with van der Waals surface area (Å²) >= 11 is 1.77. The molecule has 0 atom stereocenters. The maximum Gasteiger partial charge on any atom is 0.228 e. The van der Waals surface area contributed by atoms with Gasteiger partial charge in [-0.05, 0) is 25.7 Å². The molecule has 2 heterocycles. The van der Waals surface area contributed by atoms with Gasteiger partial charge in [-0.2, -0.15) is 0 Å². The third-order valence-corrected chi connectivity index (χ3v) is 5.40. The van der Waals surface area contributed by atoms with Crippen LogP contribution in [0.15, 0.2) is 5.16 Å². The summed E-state index contributed by atoms with van der Waals surface area (Å²) in [5, 5.41) is 9.91. The average Bonchev–Trinajstić information content (AvgIpc) is 3.35. The van der Waals surface area contributed by atoms with Crippen LogP contribution in [0.2, 0.25) is 0 Å². The number of anilines is 1. The highest BCUT2D eigenvalue weighted by molar-refractivity contribution is 7.99. The van der Waals surface area contributed by atoms with Crippen LogP contribution in [0.5, 0.6) is 0 Å². The lowest BCUT2D eigenvalue weighted by molar-refractivity contribution is -0.128. The van der Waals surface area contributed by atoms with Crippen LogP contribution in [0.3, 0.4) is 0 Å². The molecule has 1 aromatic heterocycles. The average molecular weight is 353 g/mol. The molecule has 1 saturated carbocycles. The summed E-state index contributed by atoms with van der Waals surface area (Å²) in [6, 6.07) is 0.565. The molecule has 0 bridgehead atoms. The number of morpholine rings is 1. The number of nitrogens with zero attached hydrogens (tertiary/aromatic N) is 5. The van der Waals surface area contributed by atoms with Gasteiger partial charge in [0.15, 0.2) is 5.16 Å². The summed E-state index contributed by atoms with van der Waals surface area (Å²) in [4.78, 5) is 15.5. The van der Waals surface area contributed by atoms with Gasteiger partial charge >= 0.3 is 0 Å². The zero-order valence-corrected chi connectivity index (χ0v) is 15.4. The van der Waals surface area contributed by atoms with Crippen molar-refractivity contribution in [3.63, 3.8) is 0 Å². The molecule has 7 nitrogen and oxygen atoms in total. The van der Waals surface area contributed by atoms with Crippen LogP contribution < -0.4 is 4.90 Å². The van der Waals surface area contributed by atoms with Crippen molar-refractivity contribution < 1.29 is 9.53 Å². The van der Waals surface area contributed by atoms with Crippen molar-refractivity contribution in [2.45, 2.75) is 43.3 Å². The fourth-order valence-corrected chi connectivity index (χ4v) is 3.76. The molecule has 134 valence electrons. The van der Waals surface area contributed by atoms with E-state index in [2.05, 4.69) is 19.7 Å². The van der Waals surface area contributed by atoms with Crippen molar-refractivity contribution in [3.05, 3.63) is 0 Å². The quantitative estimate of drug-likeness (QED) is 0.525. The Morgan fingerprint density at radius 2 is 2.00 bits per heavy atom. The Hall–Kier alpha value is -1.28. The van der Waals surface area contributed by atoms with Crippen LogP contribution in [-0.2, 0) is 9.53 Å². The van der Waals surface area contributed by atoms with Gasteiger partial charge in [-0.15, -0.1) is 10.2 Å². The number of unbranched alkanes of at least 4 members (excludes halogenated alkanes) is 1. The van der Waals surface area contributed by atoms with Gasteiger partial charge in [-0.3, -0.25) is 9.36 Å². The number of thioether (sulfide) groups is 1. The Kier molecular flexibility index (Phi) is 5.99. The normalized spacial score (nSPS) is 18.0. The maximum absolute atomic E-state index is 11.6. The number of amides is 1. The third kappa shape index (κ3) is 4.42. The monoisotopic (exact) mass is 353 g/mol. The highest BCUT2D eigenvalue weighted by Gasteiger charge is 2.32.